The molecule has 2 rings (SSSR count). The third-order valence-corrected chi connectivity index (χ3v) is 4.99. The fraction of sp³-hybridized carbons (Fsp3) is 0.556. The molecule has 2 heterocycles. The van der Waals surface area contributed by atoms with Crippen molar-refractivity contribution >= 4 is 35.7 Å². The van der Waals surface area contributed by atoms with E-state index in [0.717, 1.165) is 0 Å². The van der Waals surface area contributed by atoms with Gasteiger partial charge in [-0.3, -0.25) is 14.5 Å². The van der Waals surface area contributed by atoms with Crippen LogP contribution in [-0.2, 0) is 28.6 Å². The molecule has 2 aliphatic rings. The molecular weight excluding hydrogens is 388 g/mol. The summed E-state index contributed by atoms with van der Waals surface area (Å²) in [6.45, 7) is 5.96. The van der Waals surface area contributed by atoms with Gasteiger partial charge in [-0.25, -0.2) is 9.59 Å². The molecule has 0 aliphatic carbocycles. The number of nitrogens with one attached hydrogen (secondary N) is 1. The van der Waals surface area contributed by atoms with Crippen molar-refractivity contribution in [3.8, 4) is 12.3 Å². The first-order valence-electron chi connectivity index (χ1n) is 8.45. The first-order valence-corrected chi connectivity index (χ1v) is 9.50. The number of amides is 2. The summed E-state index contributed by atoms with van der Waals surface area (Å²) in [5.41, 5.74) is -0.285. The predicted octanol–water partition coefficient (Wildman–Crippen LogP) is 0.788. The molecule has 0 aromatic carbocycles. The number of terminal acetylenes is 1. The fourth-order valence-corrected chi connectivity index (χ4v) is 3.91. The van der Waals surface area contributed by atoms with Gasteiger partial charge in [0.15, 0.2) is 6.61 Å². The molecule has 0 spiro atoms. The van der Waals surface area contributed by atoms with E-state index in [4.69, 9.17) is 20.6 Å². The molecule has 2 atom stereocenters. The summed E-state index contributed by atoms with van der Waals surface area (Å²) in [6, 6.07) is -0.842. The Bertz CT molecular complexity index is 763. The van der Waals surface area contributed by atoms with Gasteiger partial charge in [0, 0.05) is 18.2 Å². The van der Waals surface area contributed by atoms with Crippen LogP contribution in [0.4, 0.5) is 4.79 Å². The normalized spacial score (nSPS) is 21.1. The van der Waals surface area contributed by atoms with Crippen LogP contribution >= 0.6 is 11.8 Å². The van der Waals surface area contributed by atoms with Gasteiger partial charge in [0.25, 0.3) is 5.91 Å². The van der Waals surface area contributed by atoms with Crippen molar-refractivity contribution in [1.82, 2.24) is 10.2 Å². The lowest BCUT2D eigenvalue weighted by molar-refractivity contribution is -0.151. The van der Waals surface area contributed by atoms with E-state index in [-0.39, 0.29) is 18.9 Å². The summed E-state index contributed by atoms with van der Waals surface area (Å²) in [6.07, 6.45) is 4.39. The largest absolute Gasteiger partial charge is 0.461 e. The lowest BCUT2D eigenvalue weighted by Gasteiger charge is -2.49. The second-order valence-corrected chi connectivity index (χ2v) is 8.15. The number of alkyl carbamates (subject to hydrolysis) is 1. The van der Waals surface area contributed by atoms with E-state index in [1.165, 1.54) is 23.6 Å². The molecule has 2 aliphatic heterocycles. The van der Waals surface area contributed by atoms with Gasteiger partial charge in [0.2, 0.25) is 0 Å². The Morgan fingerprint density at radius 1 is 1.32 bits per heavy atom. The third kappa shape index (κ3) is 4.98. The van der Waals surface area contributed by atoms with Gasteiger partial charge in [-0.1, -0.05) is 5.92 Å². The Hall–Kier alpha value is -2.67. The number of ether oxygens (including phenoxy) is 3. The van der Waals surface area contributed by atoms with Gasteiger partial charge < -0.3 is 19.5 Å². The highest BCUT2D eigenvalue weighted by atomic mass is 32.2. The van der Waals surface area contributed by atoms with Crippen molar-refractivity contribution < 1.29 is 33.4 Å². The Balaban J connectivity index is 2.18. The quantitative estimate of drug-likeness (QED) is 0.306. The molecule has 0 aromatic heterocycles. The lowest BCUT2D eigenvalue weighted by Crippen LogP contribution is -2.70. The zero-order chi connectivity index (χ0) is 21.1. The van der Waals surface area contributed by atoms with Crippen molar-refractivity contribution in [3.05, 3.63) is 11.3 Å². The molecule has 28 heavy (non-hydrogen) atoms. The zero-order valence-electron chi connectivity index (χ0n) is 16.1. The lowest BCUT2D eigenvalue weighted by atomic mass is 10.0. The Morgan fingerprint density at radius 3 is 2.57 bits per heavy atom. The molecular formula is C18H22N2O7S. The van der Waals surface area contributed by atoms with Crippen LogP contribution in [0.5, 0.6) is 0 Å². The van der Waals surface area contributed by atoms with Crippen LogP contribution in [0, 0.1) is 12.3 Å². The standard InChI is InChI=1S/C18H22N2O7S/c1-6-7-25-16(23)13-11(8-26-10(2)21)9-28-15-12(14(22)20(13)15)19-17(24)27-18(3,4)5/h1,12,15H,7-9H2,2-5H3,(H,19,24)/t12-,15?/m1/s1. The molecule has 10 heteroatoms. The number of hydrogen-bond acceptors (Lipinski definition) is 8. The summed E-state index contributed by atoms with van der Waals surface area (Å²) >= 11 is 1.33. The minimum Gasteiger partial charge on any atom is -0.461 e. The number of esters is 2. The Kier molecular flexibility index (Phi) is 6.61. The van der Waals surface area contributed by atoms with E-state index in [2.05, 4.69) is 11.2 Å². The predicted molar refractivity (Wildman–Crippen MR) is 99.7 cm³/mol. The van der Waals surface area contributed by atoms with Crippen molar-refractivity contribution in [3.63, 3.8) is 0 Å². The average Bonchev–Trinajstić information content (AvgIpc) is 2.59. The van der Waals surface area contributed by atoms with Crippen LogP contribution in [-0.4, -0.2) is 64.8 Å². The Labute approximate surface area is 167 Å². The number of β-lactam (4-membered cyclic amide) rings is 1. The number of carbonyl (C=O) groups excluding carboxylic acids is 4. The van der Waals surface area contributed by atoms with Crippen molar-refractivity contribution in [2.24, 2.45) is 0 Å². The first kappa shape index (κ1) is 21.6. The summed E-state index contributed by atoms with van der Waals surface area (Å²) in [5, 5.41) is 2.02. The maximum atomic E-state index is 12.6. The molecule has 2 amide bonds. The molecule has 1 N–H and O–H groups in total. The van der Waals surface area contributed by atoms with Crippen molar-refractivity contribution in [2.45, 2.75) is 44.7 Å². The maximum Gasteiger partial charge on any atom is 0.408 e. The van der Waals surface area contributed by atoms with E-state index in [1.54, 1.807) is 20.8 Å². The highest BCUT2D eigenvalue weighted by Gasteiger charge is 2.54. The van der Waals surface area contributed by atoms with E-state index in [1.807, 2.05) is 0 Å². The fourth-order valence-electron chi connectivity index (χ4n) is 2.58. The number of fused-ring (bicyclic) bond motifs is 1. The molecule has 0 saturated carbocycles. The minimum atomic E-state index is -0.842. The van der Waals surface area contributed by atoms with Crippen LogP contribution in [0.1, 0.15) is 27.7 Å². The second kappa shape index (κ2) is 8.56. The number of rotatable bonds is 5. The summed E-state index contributed by atoms with van der Waals surface area (Å²) in [5.74, 6) is 0.705. The molecule has 1 saturated heterocycles. The van der Waals surface area contributed by atoms with Crippen molar-refractivity contribution in [1.29, 1.82) is 0 Å². The minimum absolute atomic E-state index is 0.00695. The van der Waals surface area contributed by atoms with Crippen LogP contribution in [0.2, 0.25) is 0 Å². The van der Waals surface area contributed by atoms with Crippen molar-refractivity contribution in [2.75, 3.05) is 19.0 Å². The summed E-state index contributed by atoms with van der Waals surface area (Å²) in [7, 11) is 0. The van der Waals surface area contributed by atoms with Gasteiger partial charge in [-0.15, -0.1) is 18.2 Å². The number of nitrogens with zero attached hydrogens (tertiary/aromatic N) is 1. The molecule has 152 valence electrons. The van der Waals surface area contributed by atoms with E-state index in [0.29, 0.717) is 11.3 Å². The molecule has 1 fully saturated rings. The highest BCUT2D eigenvalue weighted by molar-refractivity contribution is 8.00. The molecule has 9 nitrogen and oxygen atoms in total. The van der Waals surface area contributed by atoms with Gasteiger partial charge >= 0.3 is 18.0 Å². The van der Waals surface area contributed by atoms with Crippen LogP contribution in [0.15, 0.2) is 11.3 Å². The Morgan fingerprint density at radius 2 is 2.00 bits per heavy atom. The smallest absolute Gasteiger partial charge is 0.408 e. The molecule has 0 bridgehead atoms. The summed E-state index contributed by atoms with van der Waals surface area (Å²) in [4.78, 5) is 49.4. The number of carbonyl (C=O) groups is 4. The van der Waals surface area contributed by atoms with E-state index < -0.39 is 41.0 Å². The van der Waals surface area contributed by atoms with Crippen LogP contribution < -0.4 is 5.32 Å². The maximum absolute atomic E-state index is 12.6. The topological polar surface area (TPSA) is 111 Å². The van der Waals surface area contributed by atoms with E-state index in [9.17, 15) is 19.2 Å². The van der Waals surface area contributed by atoms with E-state index >= 15 is 0 Å². The van der Waals surface area contributed by atoms with Gasteiger partial charge in [0.1, 0.15) is 29.3 Å². The number of thioether (sulfide) groups is 1. The van der Waals surface area contributed by atoms with Crippen LogP contribution in [0.25, 0.3) is 0 Å². The molecule has 1 unspecified atom stereocenters. The monoisotopic (exact) mass is 410 g/mol. The SMILES string of the molecule is C#CCOC(=O)C1=C(COC(C)=O)CSC2[C@H](NC(=O)OC(C)(C)C)C(=O)N12. The number of hydrogen-bond donors (Lipinski definition) is 1. The third-order valence-electron chi connectivity index (χ3n) is 3.65. The zero-order valence-corrected chi connectivity index (χ0v) is 16.9. The van der Waals surface area contributed by atoms with Gasteiger partial charge in [-0.05, 0) is 20.8 Å². The van der Waals surface area contributed by atoms with Gasteiger partial charge in [0.05, 0.1) is 0 Å². The summed E-state index contributed by atoms with van der Waals surface area (Å²) < 4.78 is 15.1. The molecule has 0 aromatic rings. The highest BCUT2D eigenvalue weighted by Crippen LogP contribution is 2.40. The van der Waals surface area contributed by atoms with Crippen LogP contribution in [0.3, 0.4) is 0 Å². The second-order valence-electron chi connectivity index (χ2n) is 7.05. The molecule has 0 radical (unpaired) electrons. The average molecular weight is 410 g/mol. The van der Waals surface area contributed by atoms with Gasteiger partial charge in [-0.2, -0.15) is 0 Å². The first-order chi connectivity index (χ1) is 13.0.